The summed E-state index contributed by atoms with van der Waals surface area (Å²) in [6, 6.07) is 12.1. The largest absolute Gasteiger partial charge is 0.337 e. The molecule has 0 aliphatic heterocycles. The zero-order valence-corrected chi connectivity index (χ0v) is 15.8. The lowest BCUT2D eigenvalue weighted by Gasteiger charge is -2.08. The SMILES string of the molecule is CCc1cccc2[nH]c(-c3n[nH]cc3CC(=O)c3c(C)cccc3C)nc12. The molecule has 0 atom stereocenters. The number of para-hydroxylation sites is 1. The van der Waals surface area contributed by atoms with Gasteiger partial charge in [-0.15, -0.1) is 0 Å². The molecule has 0 unspecified atom stereocenters. The number of hydrogen-bond donors (Lipinski definition) is 2. The summed E-state index contributed by atoms with van der Waals surface area (Å²) in [4.78, 5) is 21.0. The highest BCUT2D eigenvalue weighted by Crippen LogP contribution is 2.25. The predicted octanol–water partition coefficient (Wildman–Crippen LogP) is 4.56. The first-order chi connectivity index (χ1) is 13.1. The Morgan fingerprint density at radius 3 is 2.52 bits per heavy atom. The Morgan fingerprint density at radius 1 is 1.04 bits per heavy atom. The summed E-state index contributed by atoms with van der Waals surface area (Å²) in [7, 11) is 0. The van der Waals surface area contributed by atoms with Gasteiger partial charge in [-0.25, -0.2) is 4.98 Å². The Morgan fingerprint density at radius 2 is 1.78 bits per heavy atom. The van der Waals surface area contributed by atoms with Gasteiger partial charge in [-0.1, -0.05) is 37.3 Å². The molecule has 136 valence electrons. The van der Waals surface area contributed by atoms with E-state index in [0.717, 1.165) is 39.7 Å². The van der Waals surface area contributed by atoms with Crippen LogP contribution in [0.1, 0.15) is 39.5 Å². The molecule has 0 radical (unpaired) electrons. The van der Waals surface area contributed by atoms with Crippen LogP contribution < -0.4 is 0 Å². The first-order valence-electron chi connectivity index (χ1n) is 9.18. The molecular formula is C22H22N4O. The molecule has 0 aliphatic carbocycles. The normalized spacial score (nSPS) is 11.2. The van der Waals surface area contributed by atoms with Crippen molar-refractivity contribution in [3.05, 3.63) is 70.4 Å². The van der Waals surface area contributed by atoms with Gasteiger partial charge >= 0.3 is 0 Å². The first-order valence-corrected chi connectivity index (χ1v) is 9.18. The number of nitrogens with zero attached hydrogens (tertiary/aromatic N) is 2. The molecule has 0 aliphatic rings. The van der Waals surface area contributed by atoms with Gasteiger partial charge in [0.25, 0.3) is 0 Å². The van der Waals surface area contributed by atoms with Gasteiger partial charge in [0.05, 0.1) is 11.0 Å². The molecule has 0 amide bonds. The van der Waals surface area contributed by atoms with Crippen LogP contribution in [0.3, 0.4) is 0 Å². The highest BCUT2D eigenvalue weighted by atomic mass is 16.1. The fourth-order valence-electron chi connectivity index (χ4n) is 3.66. The van der Waals surface area contributed by atoms with Crippen LogP contribution in [0.15, 0.2) is 42.6 Å². The van der Waals surface area contributed by atoms with E-state index in [1.54, 1.807) is 6.20 Å². The van der Waals surface area contributed by atoms with Crippen LogP contribution >= 0.6 is 0 Å². The molecule has 2 aromatic heterocycles. The van der Waals surface area contributed by atoms with Crippen LogP contribution in [-0.4, -0.2) is 25.9 Å². The summed E-state index contributed by atoms with van der Waals surface area (Å²) in [5.41, 5.74) is 7.49. The third kappa shape index (κ3) is 3.05. The van der Waals surface area contributed by atoms with Gasteiger partial charge in [0.2, 0.25) is 0 Å². The number of Topliss-reactive ketones (excluding diaryl/α,β-unsaturated/α-hetero) is 1. The molecule has 0 saturated heterocycles. The average Bonchev–Trinajstić information content (AvgIpc) is 3.27. The maximum absolute atomic E-state index is 12.9. The fourth-order valence-corrected chi connectivity index (χ4v) is 3.66. The second-order valence-electron chi connectivity index (χ2n) is 6.88. The molecule has 27 heavy (non-hydrogen) atoms. The van der Waals surface area contributed by atoms with E-state index in [4.69, 9.17) is 4.98 Å². The number of imidazole rings is 1. The summed E-state index contributed by atoms with van der Waals surface area (Å²) in [5, 5.41) is 7.25. The number of ketones is 1. The lowest BCUT2D eigenvalue weighted by Crippen LogP contribution is -2.08. The van der Waals surface area contributed by atoms with Crippen LogP contribution in [-0.2, 0) is 12.8 Å². The smallest absolute Gasteiger partial charge is 0.167 e. The molecule has 0 bridgehead atoms. The minimum Gasteiger partial charge on any atom is -0.337 e. The third-order valence-electron chi connectivity index (χ3n) is 5.03. The topological polar surface area (TPSA) is 74.4 Å². The van der Waals surface area contributed by atoms with Crippen molar-refractivity contribution in [3.8, 4) is 11.5 Å². The molecule has 5 heteroatoms. The van der Waals surface area contributed by atoms with E-state index in [9.17, 15) is 4.79 Å². The number of nitrogens with one attached hydrogen (secondary N) is 2. The van der Waals surface area contributed by atoms with Crippen LogP contribution in [0, 0.1) is 13.8 Å². The molecule has 5 nitrogen and oxygen atoms in total. The lowest BCUT2D eigenvalue weighted by molar-refractivity contribution is 0.0992. The molecule has 2 heterocycles. The fraction of sp³-hybridized carbons (Fsp3) is 0.227. The number of aromatic nitrogens is 4. The standard InChI is InChI=1S/C22H22N4O/c1-4-15-9-6-10-17-20(15)25-22(24-17)21-16(12-23-26-21)11-18(27)19-13(2)7-5-8-14(19)3/h5-10,12H,4,11H2,1-3H3,(H,23,26)(H,24,25). The number of carbonyl (C=O) groups excluding carboxylic acids is 1. The van der Waals surface area contributed by atoms with E-state index < -0.39 is 0 Å². The maximum Gasteiger partial charge on any atom is 0.167 e. The number of rotatable bonds is 5. The number of H-pyrrole nitrogens is 2. The van der Waals surface area contributed by atoms with Crippen LogP contribution in [0.4, 0.5) is 0 Å². The summed E-state index contributed by atoms with van der Waals surface area (Å²) < 4.78 is 0. The minimum absolute atomic E-state index is 0.0959. The maximum atomic E-state index is 12.9. The van der Waals surface area contributed by atoms with Gasteiger partial charge in [0.1, 0.15) is 5.69 Å². The van der Waals surface area contributed by atoms with Crippen LogP contribution in [0.25, 0.3) is 22.6 Å². The van der Waals surface area contributed by atoms with Crippen molar-refractivity contribution in [2.75, 3.05) is 0 Å². The van der Waals surface area contributed by atoms with E-state index in [1.165, 1.54) is 5.56 Å². The monoisotopic (exact) mass is 358 g/mol. The number of hydrogen-bond acceptors (Lipinski definition) is 3. The van der Waals surface area contributed by atoms with Crippen molar-refractivity contribution in [2.24, 2.45) is 0 Å². The quantitative estimate of drug-likeness (QED) is 0.514. The van der Waals surface area contributed by atoms with E-state index >= 15 is 0 Å². The summed E-state index contributed by atoms with van der Waals surface area (Å²) >= 11 is 0. The highest BCUT2D eigenvalue weighted by molar-refractivity contribution is 6.00. The van der Waals surface area contributed by atoms with E-state index in [2.05, 4.69) is 28.2 Å². The van der Waals surface area contributed by atoms with Gasteiger partial charge in [0, 0.05) is 23.7 Å². The molecule has 0 fully saturated rings. The second kappa shape index (κ2) is 6.83. The van der Waals surface area contributed by atoms with Crippen molar-refractivity contribution in [2.45, 2.75) is 33.6 Å². The van der Waals surface area contributed by atoms with Crippen molar-refractivity contribution in [1.82, 2.24) is 20.2 Å². The number of benzene rings is 2. The van der Waals surface area contributed by atoms with Gasteiger partial charge in [0.15, 0.2) is 11.6 Å². The third-order valence-corrected chi connectivity index (χ3v) is 5.03. The van der Waals surface area contributed by atoms with Crippen molar-refractivity contribution in [3.63, 3.8) is 0 Å². The molecule has 2 N–H and O–H groups in total. The van der Waals surface area contributed by atoms with E-state index in [1.807, 2.05) is 44.2 Å². The van der Waals surface area contributed by atoms with Gasteiger partial charge in [-0.05, 0) is 43.0 Å². The molecule has 4 aromatic rings. The summed E-state index contributed by atoms with van der Waals surface area (Å²) in [6.45, 7) is 6.07. The highest BCUT2D eigenvalue weighted by Gasteiger charge is 2.19. The molecule has 0 spiro atoms. The minimum atomic E-state index is 0.0959. The number of aryl methyl sites for hydroxylation is 3. The van der Waals surface area contributed by atoms with E-state index in [0.29, 0.717) is 11.5 Å². The summed E-state index contributed by atoms with van der Waals surface area (Å²) in [5.74, 6) is 0.787. The Kier molecular flexibility index (Phi) is 4.36. The predicted molar refractivity (Wildman–Crippen MR) is 107 cm³/mol. The van der Waals surface area contributed by atoms with Crippen LogP contribution in [0.2, 0.25) is 0 Å². The Bertz CT molecular complexity index is 1120. The summed E-state index contributed by atoms with van der Waals surface area (Å²) in [6.07, 6.45) is 2.99. The zero-order chi connectivity index (χ0) is 19.0. The Balaban J connectivity index is 1.71. The molecule has 2 aromatic carbocycles. The van der Waals surface area contributed by atoms with Gasteiger partial charge in [-0.2, -0.15) is 5.10 Å². The zero-order valence-electron chi connectivity index (χ0n) is 15.8. The Labute approximate surface area is 157 Å². The number of aromatic amines is 2. The Hall–Kier alpha value is -3.21. The average molecular weight is 358 g/mol. The van der Waals surface area contributed by atoms with Crippen molar-refractivity contribution < 1.29 is 4.79 Å². The van der Waals surface area contributed by atoms with Crippen LogP contribution in [0.5, 0.6) is 0 Å². The van der Waals surface area contributed by atoms with Gasteiger partial charge < -0.3 is 4.98 Å². The first kappa shape index (κ1) is 17.2. The molecule has 0 saturated carbocycles. The number of fused-ring (bicyclic) bond motifs is 1. The van der Waals surface area contributed by atoms with Crippen molar-refractivity contribution >= 4 is 16.8 Å². The van der Waals surface area contributed by atoms with E-state index in [-0.39, 0.29) is 12.2 Å². The van der Waals surface area contributed by atoms with Gasteiger partial charge in [-0.3, -0.25) is 9.89 Å². The number of carbonyl (C=O) groups is 1. The molecule has 4 rings (SSSR count). The lowest BCUT2D eigenvalue weighted by atomic mass is 9.95. The van der Waals surface area contributed by atoms with Crippen molar-refractivity contribution in [1.29, 1.82) is 0 Å². The molecular weight excluding hydrogens is 336 g/mol. The second-order valence-corrected chi connectivity index (χ2v) is 6.88.